The molecule has 0 bridgehead atoms. The first kappa shape index (κ1) is 12.0. The van der Waals surface area contributed by atoms with Crippen molar-refractivity contribution in [2.75, 3.05) is 18.1 Å². The highest BCUT2D eigenvalue weighted by molar-refractivity contribution is 6.08. The van der Waals surface area contributed by atoms with Crippen LogP contribution in [0.4, 0.5) is 5.69 Å². The molecular formula is C15H16N2O2. The molecule has 1 aromatic heterocycles. The van der Waals surface area contributed by atoms with Gasteiger partial charge in [-0.1, -0.05) is 18.2 Å². The van der Waals surface area contributed by atoms with Crippen molar-refractivity contribution in [2.24, 2.45) is 0 Å². The second-order valence-electron chi connectivity index (χ2n) is 4.91. The lowest BCUT2D eigenvalue weighted by Crippen LogP contribution is -2.30. The molecule has 0 spiro atoms. The van der Waals surface area contributed by atoms with Gasteiger partial charge in [0.25, 0.3) is 5.91 Å². The van der Waals surface area contributed by atoms with Gasteiger partial charge >= 0.3 is 0 Å². The number of aliphatic hydroxyl groups is 1. The minimum Gasteiger partial charge on any atom is -0.396 e. The van der Waals surface area contributed by atoms with Crippen molar-refractivity contribution in [2.45, 2.75) is 12.8 Å². The third kappa shape index (κ3) is 1.85. The molecule has 0 saturated heterocycles. The van der Waals surface area contributed by atoms with Gasteiger partial charge in [-0.3, -0.25) is 4.79 Å². The number of aromatic nitrogens is 1. The van der Waals surface area contributed by atoms with Crippen molar-refractivity contribution in [3.05, 3.63) is 53.3 Å². The predicted octanol–water partition coefficient (Wildman–Crippen LogP) is 2.06. The number of para-hydroxylation sites is 1. The number of carbonyl (C=O) groups excluding carboxylic acids is 1. The summed E-state index contributed by atoms with van der Waals surface area (Å²) in [5.41, 5.74) is 3.59. The summed E-state index contributed by atoms with van der Waals surface area (Å²) < 4.78 is 0. The van der Waals surface area contributed by atoms with E-state index in [1.165, 1.54) is 0 Å². The summed E-state index contributed by atoms with van der Waals surface area (Å²) in [5.74, 6) is 0.00143. The topological polar surface area (TPSA) is 56.3 Å². The highest BCUT2D eigenvalue weighted by Gasteiger charge is 2.32. The molecule has 0 aliphatic carbocycles. The number of anilines is 1. The number of fused-ring (bicyclic) bond motifs is 1. The molecule has 2 heterocycles. The molecule has 1 atom stereocenters. The Morgan fingerprint density at radius 1 is 1.42 bits per heavy atom. The Morgan fingerprint density at radius 2 is 2.21 bits per heavy atom. The third-order valence-electron chi connectivity index (χ3n) is 3.72. The summed E-state index contributed by atoms with van der Waals surface area (Å²) in [6.07, 6.45) is 3.55. The quantitative estimate of drug-likeness (QED) is 0.864. The average molecular weight is 256 g/mol. The Hall–Kier alpha value is -2.07. The molecule has 19 heavy (non-hydrogen) atoms. The number of rotatable bonds is 2. The van der Waals surface area contributed by atoms with E-state index < -0.39 is 0 Å². The second kappa shape index (κ2) is 4.55. The highest BCUT2D eigenvalue weighted by Crippen LogP contribution is 2.36. The summed E-state index contributed by atoms with van der Waals surface area (Å²) >= 11 is 0. The van der Waals surface area contributed by atoms with E-state index in [4.69, 9.17) is 0 Å². The Kier molecular flexibility index (Phi) is 2.87. The molecule has 4 nitrogen and oxygen atoms in total. The van der Waals surface area contributed by atoms with Crippen LogP contribution in [-0.4, -0.2) is 29.1 Å². The number of hydrogen-bond donors (Lipinski definition) is 2. The fourth-order valence-corrected chi connectivity index (χ4v) is 2.66. The smallest absolute Gasteiger partial charge is 0.260 e. The van der Waals surface area contributed by atoms with Crippen LogP contribution in [0.5, 0.6) is 0 Å². The van der Waals surface area contributed by atoms with Crippen molar-refractivity contribution < 1.29 is 9.90 Å². The number of aromatic amines is 1. The van der Waals surface area contributed by atoms with Gasteiger partial charge in [-0.2, -0.15) is 0 Å². The predicted molar refractivity (Wildman–Crippen MR) is 73.5 cm³/mol. The number of nitrogens with zero attached hydrogens (tertiary/aromatic N) is 1. The second-order valence-corrected chi connectivity index (χ2v) is 4.91. The van der Waals surface area contributed by atoms with Crippen LogP contribution in [0.25, 0.3) is 0 Å². The van der Waals surface area contributed by atoms with Gasteiger partial charge in [0.2, 0.25) is 0 Å². The number of benzene rings is 1. The Balaban J connectivity index is 2.00. The van der Waals surface area contributed by atoms with E-state index in [1.54, 1.807) is 11.1 Å². The third-order valence-corrected chi connectivity index (χ3v) is 3.72. The fraction of sp³-hybridized carbons (Fsp3) is 0.267. The van der Waals surface area contributed by atoms with Crippen LogP contribution in [0.15, 0.2) is 36.7 Å². The number of carbonyl (C=O) groups is 1. The molecule has 1 aliphatic rings. The zero-order valence-electron chi connectivity index (χ0n) is 10.8. The largest absolute Gasteiger partial charge is 0.396 e. The van der Waals surface area contributed by atoms with Crippen LogP contribution in [0.3, 0.4) is 0 Å². The van der Waals surface area contributed by atoms with Crippen LogP contribution in [0.2, 0.25) is 0 Å². The molecule has 0 unspecified atom stereocenters. The number of aliphatic hydroxyl groups excluding tert-OH is 1. The molecule has 1 aliphatic heterocycles. The monoisotopic (exact) mass is 256 g/mol. The van der Waals surface area contributed by atoms with Crippen molar-refractivity contribution in [3.8, 4) is 0 Å². The molecule has 0 fully saturated rings. The first-order valence-corrected chi connectivity index (χ1v) is 6.37. The van der Waals surface area contributed by atoms with Crippen molar-refractivity contribution >= 4 is 11.6 Å². The maximum atomic E-state index is 12.6. The lowest BCUT2D eigenvalue weighted by atomic mass is 10.0. The minimum atomic E-state index is -0.0119. The first-order chi connectivity index (χ1) is 9.22. The van der Waals surface area contributed by atoms with Gasteiger partial charge in [0.1, 0.15) is 0 Å². The molecule has 1 amide bonds. The molecule has 98 valence electrons. The number of nitrogens with one attached hydrogen (secondary N) is 1. The van der Waals surface area contributed by atoms with Gasteiger partial charge < -0.3 is 15.0 Å². The molecule has 3 rings (SSSR count). The van der Waals surface area contributed by atoms with E-state index >= 15 is 0 Å². The lowest BCUT2D eigenvalue weighted by molar-refractivity contribution is 0.0986. The first-order valence-electron chi connectivity index (χ1n) is 6.37. The Labute approximate surface area is 111 Å². The zero-order valence-corrected chi connectivity index (χ0v) is 10.8. The summed E-state index contributed by atoms with van der Waals surface area (Å²) in [5, 5.41) is 9.45. The van der Waals surface area contributed by atoms with Gasteiger partial charge in [-0.05, 0) is 24.1 Å². The molecule has 0 saturated carbocycles. The number of aryl methyl sites for hydroxylation is 1. The summed E-state index contributed by atoms with van der Waals surface area (Å²) in [7, 11) is 0. The fourth-order valence-electron chi connectivity index (χ4n) is 2.66. The zero-order chi connectivity index (χ0) is 13.4. The van der Waals surface area contributed by atoms with Crippen LogP contribution in [0.1, 0.15) is 27.4 Å². The normalized spacial score (nSPS) is 17.6. The SMILES string of the molecule is Cc1c[nH]cc1C(=O)N1C[C@@H](CO)c2ccccc21. The van der Waals surface area contributed by atoms with E-state index in [2.05, 4.69) is 4.98 Å². The molecule has 2 N–H and O–H groups in total. The average Bonchev–Trinajstić information content (AvgIpc) is 3.01. The highest BCUT2D eigenvalue weighted by atomic mass is 16.3. The van der Waals surface area contributed by atoms with Gasteiger partial charge in [0.05, 0.1) is 12.2 Å². The van der Waals surface area contributed by atoms with Crippen molar-refractivity contribution in [3.63, 3.8) is 0 Å². The van der Waals surface area contributed by atoms with E-state index in [1.807, 2.05) is 37.4 Å². The van der Waals surface area contributed by atoms with Crippen molar-refractivity contribution in [1.29, 1.82) is 0 Å². The molecule has 2 aromatic rings. The number of hydrogen-bond acceptors (Lipinski definition) is 2. The molecule has 0 radical (unpaired) electrons. The summed E-state index contributed by atoms with van der Waals surface area (Å²) in [4.78, 5) is 17.3. The van der Waals surface area contributed by atoms with Crippen LogP contribution < -0.4 is 4.90 Å². The molecule has 4 heteroatoms. The van der Waals surface area contributed by atoms with E-state index in [-0.39, 0.29) is 18.4 Å². The van der Waals surface area contributed by atoms with Crippen LogP contribution in [-0.2, 0) is 0 Å². The van der Waals surface area contributed by atoms with Crippen molar-refractivity contribution in [1.82, 2.24) is 4.98 Å². The summed E-state index contributed by atoms with van der Waals surface area (Å²) in [6, 6.07) is 7.78. The summed E-state index contributed by atoms with van der Waals surface area (Å²) in [6.45, 7) is 2.52. The minimum absolute atomic E-state index is 0.0119. The van der Waals surface area contributed by atoms with Crippen LogP contribution >= 0.6 is 0 Å². The van der Waals surface area contributed by atoms with Gasteiger partial charge in [0.15, 0.2) is 0 Å². The lowest BCUT2D eigenvalue weighted by Gasteiger charge is -2.17. The van der Waals surface area contributed by atoms with Gasteiger partial charge in [-0.15, -0.1) is 0 Å². The number of H-pyrrole nitrogens is 1. The Bertz CT molecular complexity index is 618. The number of amides is 1. The Morgan fingerprint density at radius 3 is 2.89 bits per heavy atom. The maximum absolute atomic E-state index is 12.6. The van der Waals surface area contributed by atoms with E-state index in [0.717, 1.165) is 16.8 Å². The van der Waals surface area contributed by atoms with Gasteiger partial charge in [0, 0.05) is 30.5 Å². The van der Waals surface area contributed by atoms with E-state index in [9.17, 15) is 9.90 Å². The molecular weight excluding hydrogens is 240 g/mol. The van der Waals surface area contributed by atoms with Gasteiger partial charge in [-0.25, -0.2) is 0 Å². The maximum Gasteiger partial charge on any atom is 0.260 e. The standard InChI is InChI=1S/C15H16N2O2/c1-10-6-16-7-13(10)15(19)17-8-11(9-18)12-4-2-3-5-14(12)17/h2-7,11,16,18H,8-9H2,1H3/t11-/m0/s1. The van der Waals surface area contributed by atoms with E-state index in [0.29, 0.717) is 12.1 Å². The molecule has 1 aromatic carbocycles. The van der Waals surface area contributed by atoms with Crippen LogP contribution in [0, 0.1) is 6.92 Å².